The Morgan fingerprint density at radius 1 is 1.22 bits per heavy atom. The molecule has 1 atom stereocenters. The maximum absolute atomic E-state index is 12.7. The Balaban J connectivity index is 3.66. The van der Waals surface area contributed by atoms with Crippen molar-refractivity contribution in [3.63, 3.8) is 0 Å². The standard InChI is InChI=1S/C22H32N2O2S/c1-7-11-14(5)15(6)17(19(25)10-4)13-18-20(16(9-3)12-8-2)23-22(27)24-21(18)26/h8-10,12,14,25H,7,11,13H2,1-6H3,(H2,23,24,26,27)/b12-8-,16-9+,17-15+,19-10+. The average Bonchev–Trinajstić information content (AvgIpc) is 2.64. The van der Waals surface area contributed by atoms with Gasteiger partial charge in [-0.25, -0.2) is 0 Å². The molecule has 5 heteroatoms. The van der Waals surface area contributed by atoms with Crippen molar-refractivity contribution in [1.82, 2.24) is 9.97 Å². The normalized spacial score (nSPS) is 15.2. The average molecular weight is 389 g/mol. The highest BCUT2D eigenvalue weighted by Gasteiger charge is 2.18. The maximum Gasteiger partial charge on any atom is 0.255 e. The first-order chi connectivity index (χ1) is 12.8. The van der Waals surface area contributed by atoms with Crippen LogP contribution in [0, 0.1) is 10.7 Å². The van der Waals surface area contributed by atoms with E-state index in [0.717, 1.165) is 29.6 Å². The lowest BCUT2D eigenvalue weighted by Crippen LogP contribution is -2.19. The minimum atomic E-state index is -0.227. The summed E-state index contributed by atoms with van der Waals surface area (Å²) < 4.78 is 0.291. The van der Waals surface area contributed by atoms with Crippen LogP contribution in [0.4, 0.5) is 0 Å². The number of H-pyrrole nitrogens is 2. The zero-order chi connectivity index (χ0) is 20.6. The van der Waals surface area contributed by atoms with Crippen LogP contribution in [0.5, 0.6) is 0 Å². The Morgan fingerprint density at radius 2 is 1.89 bits per heavy atom. The predicted octanol–water partition coefficient (Wildman–Crippen LogP) is 6.17. The van der Waals surface area contributed by atoms with Crippen LogP contribution in [0.2, 0.25) is 0 Å². The molecule has 0 aliphatic heterocycles. The molecule has 148 valence electrons. The molecular weight excluding hydrogens is 356 g/mol. The predicted molar refractivity (Wildman–Crippen MR) is 118 cm³/mol. The number of nitrogens with one attached hydrogen (secondary N) is 2. The first kappa shape index (κ1) is 22.9. The van der Waals surface area contributed by atoms with Gasteiger partial charge in [-0.1, -0.05) is 44.1 Å². The summed E-state index contributed by atoms with van der Waals surface area (Å²) in [4.78, 5) is 18.5. The van der Waals surface area contributed by atoms with Crippen molar-refractivity contribution in [2.45, 2.75) is 60.8 Å². The molecule has 0 saturated carbocycles. The summed E-state index contributed by atoms with van der Waals surface area (Å²) in [6.45, 7) is 12.0. The van der Waals surface area contributed by atoms with Crippen LogP contribution >= 0.6 is 12.2 Å². The van der Waals surface area contributed by atoms with Gasteiger partial charge in [0.25, 0.3) is 5.56 Å². The molecule has 0 bridgehead atoms. The SMILES string of the molecule is C/C=C\C(=C/C)c1[nH]c(=S)[nH]c(=O)c1CC(/C(O)=C\C)=C(/C)C(C)CCC. The summed E-state index contributed by atoms with van der Waals surface area (Å²) in [5.41, 5.74) is 3.83. The monoisotopic (exact) mass is 388 g/mol. The molecule has 0 aromatic carbocycles. The molecule has 0 saturated heterocycles. The maximum atomic E-state index is 12.7. The third-order valence-corrected chi connectivity index (χ3v) is 5.06. The van der Waals surface area contributed by atoms with Crippen LogP contribution in [-0.4, -0.2) is 15.1 Å². The molecule has 1 rings (SSSR count). The molecule has 3 N–H and O–H groups in total. The third-order valence-electron chi connectivity index (χ3n) is 4.86. The van der Waals surface area contributed by atoms with Crippen molar-refractivity contribution in [2.75, 3.05) is 0 Å². The summed E-state index contributed by atoms with van der Waals surface area (Å²) in [5.74, 6) is 0.546. The van der Waals surface area contributed by atoms with Crippen molar-refractivity contribution in [3.8, 4) is 0 Å². The first-order valence-corrected chi connectivity index (χ1v) is 9.91. The van der Waals surface area contributed by atoms with Crippen LogP contribution in [-0.2, 0) is 6.42 Å². The number of aromatic amines is 2. The highest BCUT2D eigenvalue weighted by Crippen LogP contribution is 2.27. The van der Waals surface area contributed by atoms with E-state index in [1.54, 1.807) is 13.0 Å². The molecule has 0 spiro atoms. The van der Waals surface area contributed by atoms with Crippen LogP contribution in [0.1, 0.15) is 65.6 Å². The second-order valence-corrected chi connectivity index (χ2v) is 7.12. The number of allylic oxidation sites excluding steroid dienone is 7. The van der Waals surface area contributed by atoms with Crippen LogP contribution in [0.25, 0.3) is 5.57 Å². The molecule has 0 radical (unpaired) electrons. The van der Waals surface area contributed by atoms with Gasteiger partial charge < -0.3 is 10.1 Å². The van der Waals surface area contributed by atoms with Gasteiger partial charge in [0.05, 0.1) is 5.69 Å². The quantitative estimate of drug-likeness (QED) is 0.283. The summed E-state index contributed by atoms with van der Waals surface area (Å²) in [5, 5.41) is 10.5. The van der Waals surface area contributed by atoms with Gasteiger partial charge in [-0.05, 0) is 69.5 Å². The van der Waals surface area contributed by atoms with E-state index < -0.39 is 0 Å². The zero-order valence-electron chi connectivity index (χ0n) is 17.3. The van der Waals surface area contributed by atoms with Crippen LogP contribution in [0.15, 0.2) is 46.0 Å². The second-order valence-electron chi connectivity index (χ2n) is 6.71. The minimum absolute atomic E-state index is 0.219. The van der Waals surface area contributed by atoms with E-state index in [-0.39, 0.29) is 11.3 Å². The van der Waals surface area contributed by atoms with Crippen LogP contribution < -0.4 is 5.56 Å². The lowest BCUT2D eigenvalue weighted by molar-refractivity contribution is 0.415. The smallest absolute Gasteiger partial charge is 0.255 e. The van der Waals surface area contributed by atoms with Gasteiger partial charge in [-0.15, -0.1) is 0 Å². The van der Waals surface area contributed by atoms with Gasteiger partial charge >= 0.3 is 0 Å². The molecular formula is C22H32N2O2S. The van der Waals surface area contributed by atoms with Gasteiger partial charge in [0, 0.05) is 12.0 Å². The van der Waals surface area contributed by atoms with Gasteiger partial charge in [-0.2, -0.15) is 0 Å². The molecule has 27 heavy (non-hydrogen) atoms. The number of aromatic nitrogens is 2. The number of hydrogen-bond donors (Lipinski definition) is 3. The third kappa shape index (κ3) is 5.93. The number of rotatable bonds is 8. The molecule has 0 fully saturated rings. The molecule has 1 aromatic heterocycles. The lowest BCUT2D eigenvalue weighted by atomic mass is 9.88. The molecule has 1 aromatic rings. The molecule has 0 aliphatic carbocycles. The van der Waals surface area contributed by atoms with E-state index in [1.807, 2.05) is 39.0 Å². The fraction of sp³-hybridized carbons (Fsp3) is 0.455. The van der Waals surface area contributed by atoms with Crippen molar-refractivity contribution >= 4 is 17.8 Å². The fourth-order valence-electron chi connectivity index (χ4n) is 3.16. The van der Waals surface area contributed by atoms with E-state index in [1.165, 1.54) is 0 Å². The van der Waals surface area contributed by atoms with Gasteiger partial charge in [-0.3, -0.25) is 9.78 Å². The Kier molecular flexibility index (Phi) is 9.22. The summed E-state index contributed by atoms with van der Waals surface area (Å²) in [6, 6.07) is 0. The first-order valence-electron chi connectivity index (χ1n) is 9.50. The van der Waals surface area contributed by atoms with E-state index in [9.17, 15) is 9.90 Å². The molecule has 0 amide bonds. The van der Waals surface area contributed by atoms with Crippen molar-refractivity contribution < 1.29 is 5.11 Å². The molecule has 0 aliphatic rings. The highest BCUT2D eigenvalue weighted by molar-refractivity contribution is 7.71. The van der Waals surface area contributed by atoms with E-state index >= 15 is 0 Å². The van der Waals surface area contributed by atoms with E-state index in [4.69, 9.17) is 12.2 Å². The Hall–Kier alpha value is -2.14. The summed E-state index contributed by atoms with van der Waals surface area (Å²) in [6.07, 6.45) is 9.92. The number of hydrogen-bond acceptors (Lipinski definition) is 3. The van der Waals surface area contributed by atoms with Crippen molar-refractivity contribution in [2.24, 2.45) is 5.92 Å². The zero-order valence-corrected chi connectivity index (χ0v) is 18.1. The molecule has 1 unspecified atom stereocenters. The Labute approximate surface area is 167 Å². The van der Waals surface area contributed by atoms with Crippen molar-refractivity contribution in [1.29, 1.82) is 0 Å². The Bertz CT molecular complexity index is 882. The largest absolute Gasteiger partial charge is 0.508 e. The topological polar surface area (TPSA) is 68.9 Å². The Morgan fingerprint density at radius 3 is 2.41 bits per heavy atom. The fourth-order valence-corrected chi connectivity index (χ4v) is 3.36. The number of aliphatic hydroxyl groups is 1. The van der Waals surface area contributed by atoms with Gasteiger partial charge in [0.1, 0.15) is 5.76 Å². The summed E-state index contributed by atoms with van der Waals surface area (Å²) >= 11 is 5.18. The molecule has 4 nitrogen and oxygen atoms in total. The van der Waals surface area contributed by atoms with Crippen molar-refractivity contribution in [3.05, 3.63) is 67.6 Å². The van der Waals surface area contributed by atoms with E-state index in [2.05, 4.69) is 23.8 Å². The lowest BCUT2D eigenvalue weighted by Gasteiger charge is -2.19. The summed E-state index contributed by atoms with van der Waals surface area (Å²) in [7, 11) is 0. The number of aliphatic hydroxyl groups excluding tert-OH is 1. The second kappa shape index (κ2) is 10.9. The minimum Gasteiger partial charge on any atom is -0.508 e. The van der Waals surface area contributed by atoms with Gasteiger partial charge in [0.2, 0.25) is 0 Å². The molecule has 1 heterocycles. The van der Waals surface area contributed by atoms with E-state index in [0.29, 0.717) is 28.4 Å². The van der Waals surface area contributed by atoms with Crippen LogP contribution in [0.3, 0.4) is 0 Å². The highest BCUT2D eigenvalue weighted by atomic mass is 32.1. The van der Waals surface area contributed by atoms with Gasteiger partial charge in [0.15, 0.2) is 4.77 Å².